The molecule has 0 fully saturated rings. The topological polar surface area (TPSA) is 538 Å². The molecule has 0 spiro atoms. The quantitative estimate of drug-likeness (QED) is 0.0129. The molecule has 1 atom stereocenters. The molecule has 11 aromatic rings. The largest absolute Gasteiger partial charge is 0.508 e. The smallest absolute Gasteiger partial charge is 0.200 e. The molecule has 734 valence electrons. The van der Waals surface area contributed by atoms with Crippen LogP contribution in [0, 0.1) is 13.8 Å². The molecule has 0 saturated heterocycles. The predicted molar refractivity (Wildman–Crippen MR) is 580 cm³/mol. The molecule has 11 aromatic carbocycles. The summed E-state index contributed by atoms with van der Waals surface area (Å²) in [5.74, 6) is -3.30. The maximum Gasteiger partial charge on any atom is 0.200 e. The van der Waals surface area contributed by atoms with Crippen LogP contribution >= 0.6 is 144 Å². The van der Waals surface area contributed by atoms with Crippen molar-refractivity contribution in [3.05, 3.63) is 279 Å². The molecule has 0 aromatic heterocycles. The molecule has 139 heavy (non-hydrogen) atoms. The van der Waals surface area contributed by atoms with Crippen LogP contribution in [-0.4, -0.2) is 159 Å². The van der Waals surface area contributed by atoms with Crippen molar-refractivity contribution in [2.24, 2.45) is 4.99 Å². The number of hydrogen-bond acceptors (Lipinski definition) is 32. The summed E-state index contributed by atoms with van der Waals surface area (Å²) in [4.78, 5) is 6.45. The van der Waals surface area contributed by atoms with Crippen molar-refractivity contribution >= 4 is 203 Å². The number of thiocarbonyl (C=S) groups is 5. The van der Waals surface area contributed by atoms with E-state index in [0.29, 0.717) is 135 Å². The number of halogens is 3. The number of phenolic OH excluding ortho intramolecular Hbond substituents is 23. The minimum atomic E-state index is -0.570. The van der Waals surface area contributed by atoms with E-state index in [1.807, 2.05) is 31.2 Å². The molecular weight excluding hydrogens is 2140 g/mol. The molecular formula is C99H101Br3N6O23S8. The summed E-state index contributed by atoms with van der Waals surface area (Å²) in [7, 11) is 0. The summed E-state index contributed by atoms with van der Waals surface area (Å²) in [5.41, 5.74) is 11.2. The van der Waals surface area contributed by atoms with E-state index < -0.39 is 51.7 Å². The minimum Gasteiger partial charge on any atom is -0.508 e. The van der Waals surface area contributed by atoms with Crippen molar-refractivity contribution in [1.29, 1.82) is 0 Å². The van der Waals surface area contributed by atoms with Crippen molar-refractivity contribution in [3.63, 3.8) is 0 Å². The zero-order valence-corrected chi connectivity index (χ0v) is 85.1. The van der Waals surface area contributed by atoms with Crippen LogP contribution in [0.4, 0.5) is 0 Å². The van der Waals surface area contributed by atoms with Crippen LogP contribution < -0.4 is 26.6 Å². The van der Waals surface area contributed by atoms with Gasteiger partial charge in [0.25, 0.3) is 0 Å². The molecule has 1 unspecified atom stereocenters. The van der Waals surface area contributed by atoms with Gasteiger partial charge in [0.05, 0.1) is 50.9 Å². The van der Waals surface area contributed by atoms with E-state index in [9.17, 15) is 117 Å². The molecule has 1 aliphatic heterocycles. The van der Waals surface area contributed by atoms with Crippen molar-refractivity contribution in [2.45, 2.75) is 97.9 Å². The summed E-state index contributed by atoms with van der Waals surface area (Å²) in [6.45, 7) is 10.7. The second-order valence-electron chi connectivity index (χ2n) is 30.2. The van der Waals surface area contributed by atoms with Crippen molar-refractivity contribution in [3.8, 4) is 132 Å². The van der Waals surface area contributed by atoms with Gasteiger partial charge in [0.15, 0.2) is 109 Å². The Morgan fingerprint density at radius 3 is 1.14 bits per heavy atom. The van der Waals surface area contributed by atoms with Crippen molar-refractivity contribution < 1.29 is 117 Å². The van der Waals surface area contributed by atoms with Crippen LogP contribution in [0.3, 0.4) is 0 Å². The summed E-state index contributed by atoms with van der Waals surface area (Å²) >= 11 is 40.8. The Hall–Kier alpha value is -12.9. The van der Waals surface area contributed by atoms with E-state index in [-0.39, 0.29) is 114 Å². The summed E-state index contributed by atoms with van der Waals surface area (Å²) in [5, 5.41) is 238. The number of allylic oxidation sites excluding steroid dienone is 2. The summed E-state index contributed by atoms with van der Waals surface area (Å²) < 4.78 is 2.08. The van der Waals surface area contributed by atoms with Crippen LogP contribution in [0.15, 0.2) is 200 Å². The van der Waals surface area contributed by atoms with Crippen molar-refractivity contribution in [2.75, 3.05) is 12.3 Å². The highest BCUT2D eigenvalue weighted by atomic mass is 79.9. The van der Waals surface area contributed by atoms with E-state index in [1.165, 1.54) is 84.1 Å². The Morgan fingerprint density at radius 2 is 0.755 bits per heavy atom. The molecule has 40 heteroatoms. The highest BCUT2D eigenvalue weighted by Gasteiger charge is 2.21. The van der Waals surface area contributed by atoms with Gasteiger partial charge in [-0.25, -0.2) is 0 Å². The number of phenols is 23. The Balaban J connectivity index is 0.000000237. The van der Waals surface area contributed by atoms with E-state index in [2.05, 4.69) is 91.5 Å². The summed E-state index contributed by atoms with van der Waals surface area (Å²) in [6, 6.07) is 39.9. The monoisotopic (exact) mass is 2230 g/mol. The first kappa shape index (κ1) is 113. The number of thioether (sulfide) groups is 3. The average molecular weight is 2240 g/mol. The van der Waals surface area contributed by atoms with Gasteiger partial charge in [0.2, 0.25) is 0 Å². The van der Waals surface area contributed by atoms with E-state index >= 15 is 0 Å². The number of rotatable bonds is 27. The number of aromatic hydroxyl groups is 23. The molecule has 28 N–H and O–H groups in total. The minimum absolute atomic E-state index is 0. The highest BCUT2D eigenvalue weighted by molar-refractivity contribution is 9.11. The Morgan fingerprint density at radius 1 is 0.388 bits per heavy atom. The fourth-order valence-electron chi connectivity index (χ4n) is 12.3. The Labute approximate surface area is 865 Å². The third kappa shape index (κ3) is 34.3. The van der Waals surface area contributed by atoms with Gasteiger partial charge in [0, 0.05) is 71.4 Å². The van der Waals surface area contributed by atoms with Gasteiger partial charge < -0.3 is 144 Å². The van der Waals surface area contributed by atoms with Gasteiger partial charge in [-0.1, -0.05) is 148 Å². The maximum atomic E-state index is 10.2. The van der Waals surface area contributed by atoms with E-state index in [4.69, 9.17) is 61.1 Å². The summed E-state index contributed by atoms with van der Waals surface area (Å²) in [6.07, 6.45) is 14.2. The number of benzene rings is 11. The van der Waals surface area contributed by atoms with Crippen LogP contribution in [0.2, 0.25) is 0 Å². The van der Waals surface area contributed by atoms with E-state index in [1.54, 1.807) is 148 Å². The first-order valence-corrected chi connectivity index (χ1v) is 48.6. The number of hydrogen-bond donors (Lipinski definition) is 28. The molecule has 1 heterocycles. The fraction of sp³-hybridized carbons (Fsp3) is 0.172. The SMILES string of the molecule is C.C/C(=C\C(=S)NCc1cc(O)c(O)c(O)c1)c1cc(O)c(O)c(Br)c1.C/C(=C\C(=S)NCc1cc(O)c(O)c(O)c1)c1cc(O)c(O)c(Br)c1.CCC(NC(=S)/C=C/c1ccc(O)c(O)c1Br)c1cc(O)c(C)c(O)c1.Cc1c(O)cc(CNC(=S)/C=C/c2cc(O)c(O)c(CSCc3ccccc3)c2)cc1O.Oc1cc(CNC(=S)/C=C/c2cc(O)c(O)c(CSC3=NCCS3)c2)cc(O)c1O. The molecule has 12 rings (SSSR count). The molecule has 0 bridgehead atoms. The van der Waals surface area contributed by atoms with Crippen LogP contribution in [0.1, 0.15) is 124 Å². The molecule has 0 radical (unpaired) electrons. The van der Waals surface area contributed by atoms with Gasteiger partial charge in [-0.15, -0.1) is 0 Å². The highest BCUT2D eigenvalue weighted by Crippen LogP contribution is 2.44. The molecule has 0 saturated carbocycles. The van der Waals surface area contributed by atoms with Crippen molar-refractivity contribution in [1.82, 2.24) is 26.6 Å². The second kappa shape index (κ2) is 53.9. The average Bonchev–Trinajstić information content (AvgIpc) is 1.52. The number of aliphatic imine (C=N–C) groups is 1. The van der Waals surface area contributed by atoms with Crippen LogP contribution in [-0.2, 0) is 43.4 Å². The Bertz CT molecular complexity index is 6240. The zero-order valence-electron chi connectivity index (χ0n) is 73.8. The first-order chi connectivity index (χ1) is 65.3. The lowest BCUT2D eigenvalue weighted by Gasteiger charge is -2.19. The van der Waals surface area contributed by atoms with Gasteiger partial charge >= 0.3 is 0 Å². The lowest BCUT2D eigenvalue weighted by atomic mass is 10.0. The lowest BCUT2D eigenvalue weighted by molar-refractivity contribution is 0.367. The zero-order chi connectivity index (χ0) is 102. The maximum absolute atomic E-state index is 10.2. The molecule has 1 aliphatic rings. The Kier molecular flexibility index (Phi) is 43.9. The lowest BCUT2D eigenvalue weighted by Crippen LogP contribution is -2.25. The van der Waals surface area contributed by atoms with E-state index in [0.717, 1.165) is 39.1 Å². The first-order valence-electron chi connectivity index (χ1n) is 41.0. The van der Waals surface area contributed by atoms with Crippen LogP contribution in [0.5, 0.6) is 132 Å². The van der Waals surface area contributed by atoms with Crippen LogP contribution in [0.25, 0.3) is 29.4 Å². The fourth-order valence-corrected chi connectivity index (χ4v) is 17.6. The van der Waals surface area contributed by atoms with Gasteiger partial charge in [-0.05, 0) is 306 Å². The van der Waals surface area contributed by atoms with Gasteiger partial charge in [-0.3, -0.25) is 4.99 Å². The number of nitrogens with zero attached hydrogens (tertiary/aromatic N) is 1. The van der Waals surface area contributed by atoms with Gasteiger partial charge in [-0.2, -0.15) is 11.8 Å². The third-order valence-corrected chi connectivity index (χ3v) is 26.7. The molecule has 29 nitrogen and oxygen atoms in total. The number of nitrogens with one attached hydrogen (secondary N) is 5. The standard InChI is InChI=1S/C25H25NO4S2.C20H20N2O5S3.C19H20BrNO4S.2C17H16BrNO5S.CH4/c1-16-21(27)11-19(12-22(16)28)13-26-24(31)8-7-18-9-20(25(30)23(29)10-18)15-32-14-17-5-3-2-4-6-17;23-14-6-11(5-13(18(14)26)10-30-20-21-3-4-29-20)1-2-17(28)22-9-12-7-15(24)19(27)16(25)8-12;1-3-13(12-8-15(23)10(2)16(24)9-12)21-17(26)7-5-11-4-6-14(22)19(25)18(11)20;2*1-8(10-5-11(18)16(23)14(22)6-10)2-15(25)19-7-9-3-12(20)17(24)13(21)4-9;/h2-12,27-30H,13-15H2,1H3,(H,26,31);1-2,5-8,23-27H,3-4,9-10H2,(H,22,28);4-9,13,22-25H,3H2,1-2H3,(H,21,26);2*2-6,20-24H,7H2,1H3,(H,19,25);1H4/b8-7+;2-1+;7-5+;2*8-2+;. The normalized spacial score (nSPS) is 11.8. The third-order valence-electron chi connectivity index (χ3n) is 19.9. The molecule has 0 amide bonds. The predicted octanol–water partition coefficient (Wildman–Crippen LogP) is 21.4. The van der Waals surface area contributed by atoms with Gasteiger partial charge in [0.1, 0.15) is 27.4 Å². The molecule has 0 aliphatic carbocycles. The second-order valence-corrected chi connectivity index (χ2v) is 38.2.